The van der Waals surface area contributed by atoms with Crippen molar-refractivity contribution in [3.05, 3.63) is 0 Å². The van der Waals surface area contributed by atoms with Gasteiger partial charge in [-0.1, -0.05) is 0 Å². The fraction of sp³-hybridized carbons (Fsp3) is 1.00. The number of aliphatic hydroxyl groups excluding tert-OH is 5. The van der Waals surface area contributed by atoms with Gasteiger partial charge < -0.3 is 49.9 Å². The lowest BCUT2D eigenvalue weighted by Gasteiger charge is -2.31. The van der Waals surface area contributed by atoms with E-state index in [1.807, 2.05) is 0 Å². The molecular formula is C10H21O12P. The Balaban J connectivity index is 2.73. The number of phosphoric acid groups is 1. The Bertz CT molecular complexity index is 415. The lowest BCUT2D eigenvalue weighted by Crippen LogP contribution is -2.51. The maximum Gasteiger partial charge on any atom is 0.470 e. The summed E-state index contributed by atoms with van der Waals surface area (Å²) in [7, 11) is -5.05. The standard InChI is InChI=1S/C10H21O12P/c11-1-5(13)8(15)6(14)3-21-10(16)4-20-7(2-12)9(10)22-23(17,18)19/h5-9,11-16H,1-4H2,(H2,17,18,19)/t5?,6?,7-,8?,9+,10-/m1/s1. The molecule has 1 saturated heterocycles. The number of ether oxygens (including phenoxy) is 2. The van der Waals surface area contributed by atoms with E-state index >= 15 is 0 Å². The third kappa shape index (κ3) is 5.67. The van der Waals surface area contributed by atoms with Gasteiger partial charge in [-0.15, -0.1) is 0 Å². The first kappa shape index (κ1) is 20.8. The van der Waals surface area contributed by atoms with Crippen LogP contribution in [-0.2, 0) is 18.6 Å². The van der Waals surface area contributed by atoms with E-state index < -0.39 is 70.6 Å². The highest BCUT2D eigenvalue weighted by molar-refractivity contribution is 7.46. The van der Waals surface area contributed by atoms with Crippen LogP contribution >= 0.6 is 7.82 Å². The summed E-state index contributed by atoms with van der Waals surface area (Å²) in [4.78, 5) is 17.7. The quantitative estimate of drug-likeness (QED) is 0.144. The van der Waals surface area contributed by atoms with E-state index in [1.54, 1.807) is 0 Å². The molecule has 13 heteroatoms. The first-order chi connectivity index (χ1) is 10.5. The van der Waals surface area contributed by atoms with E-state index in [-0.39, 0.29) is 0 Å². The fourth-order valence-corrected chi connectivity index (χ4v) is 2.55. The fourth-order valence-electron chi connectivity index (χ4n) is 1.95. The zero-order chi connectivity index (χ0) is 17.8. The summed E-state index contributed by atoms with van der Waals surface area (Å²) in [5.41, 5.74) is 0. The van der Waals surface area contributed by atoms with Gasteiger partial charge in [0.1, 0.15) is 31.0 Å². The molecule has 0 saturated carbocycles. The topological polar surface area (TPSA) is 207 Å². The van der Waals surface area contributed by atoms with Crippen LogP contribution in [0.25, 0.3) is 0 Å². The molecule has 0 aromatic heterocycles. The van der Waals surface area contributed by atoms with E-state index in [1.165, 1.54) is 0 Å². The minimum Gasteiger partial charge on any atom is -0.394 e. The summed E-state index contributed by atoms with van der Waals surface area (Å²) in [6, 6.07) is 0. The van der Waals surface area contributed by atoms with Crippen molar-refractivity contribution in [3.8, 4) is 0 Å². The van der Waals surface area contributed by atoms with E-state index in [0.717, 1.165) is 0 Å². The highest BCUT2D eigenvalue weighted by atomic mass is 31.2. The van der Waals surface area contributed by atoms with Gasteiger partial charge in [-0.2, -0.15) is 0 Å². The molecule has 1 heterocycles. The lowest BCUT2D eigenvalue weighted by atomic mass is 10.1. The first-order valence-electron chi connectivity index (χ1n) is 6.52. The highest BCUT2D eigenvalue weighted by Crippen LogP contribution is 2.43. The molecule has 23 heavy (non-hydrogen) atoms. The molecule has 0 aromatic rings. The minimum absolute atomic E-state index is 0.631. The van der Waals surface area contributed by atoms with Crippen molar-refractivity contribution in [2.24, 2.45) is 0 Å². The van der Waals surface area contributed by atoms with E-state index in [2.05, 4.69) is 4.52 Å². The van der Waals surface area contributed by atoms with Gasteiger partial charge in [-0.25, -0.2) is 4.57 Å². The molecule has 0 radical (unpaired) electrons. The third-order valence-corrected chi connectivity index (χ3v) is 3.70. The molecule has 0 aromatic carbocycles. The smallest absolute Gasteiger partial charge is 0.394 e. The average Bonchev–Trinajstić information content (AvgIpc) is 2.78. The summed E-state index contributed by atoms with van der Waals surface area (Å²) in [5, 5.41) is 56.1. The molecule has 8 N–H and O–H groups in total. The monoisotopic (exact) mass is 364 g/mol. The summed E-state index contributed by atoms with van der Waals surface area (Å²) < 4.78 is 25.1. The Morgan fingerprint density at radius 1 is 1.22 bits per heavy atom. The molecule has 138 valence electrons. The Morgan fingerprint density at radius 3 is 2.30 bits per heavy atom. The predicted octanol–water partition coefficient (Wildman–Crippen LogP) is -4.36. The SMILES string of the molecule is O=P(O)(O)O[C@H]1[C@@H](CO)OC[C@@]1(O)OCC(O)C(O)C(O)CO. The number of aliphatic hydroxyl groups is 6. The number of rotatable bonds is 9. The predicted molar refractivity (Wildman–Crippen MR) is 69.8 cm³/mol. The third-order valence-electron chi connectivity index (χ3n) is 3.20. The summed E-state index contributed by atoms with van der Waals surface area (Å²) >= 11 is 0. The molecule has 1 aliphatic heterocycles. The van der Waals surface area contributed by atoms with Crippen LogP contribution in [0.5, 0.6) is 0 Å². The molecule has 1 rings (SSSR count). The van der Waals surface area contributed by atoms with Crippen molar-refractivity contribution in [3.63, 3.8) is 0 Å². The minimum atomic E-state index is -5.05. The van der Waals surface area contributed by atoms with Crippen LogP contribution in [0.2, 0.25) is 0 Å². The Hall–Kier alpha value is -0.210. The highest BCUT2D eigenvalue weighted by Gasteiger charge is 2.53. The normalized spacial score (nSPS) is 32.7. The van der Waals surface area contributed by atoms with E-state index in [9.17, 15) is 25.0 Å². The first-order valence-corrected chi connectivity index (χ1v) is 8.05. The van der Waals surface area contributed by atoms with Crippen LogP contribution in [-0.4, -0.2) is 103 Å². The van der Waals surface area contributed by atoms with Gasteiger partial charge >= 0.3 is 7.82 Å². The molecule has 0 amide bonds. The molecule has 1 fully saturated rings. The van der Waals surface area contributed by atoms with Gasteiger partial charge in [0, 0.05) is 0 Å². The molecular weight excluding hydrogens is 343 g/mol. The van der Waals surface area contributed by atoms with Gasteiger partial charge in [0.05, 0.1) is 19.8 Å². The van der Waals surface area contributed by atoms with Gasteiger partial charge in [-0.3, -0.25) is 4.52 Å². The van der Waals surface area contributed by atoms with Gasteiger partial charge in [0.15, 0.2) is 6.10 Å². The maximum absolute atomic E-state index is 10.9. The molecule has 0 spiro atoms. The van der Waals surface area contributed by atoms with Crippen LogP contribution in [0.3, 0.4) is 0 Å². The number of hydrogen-bond donors (Lipinski definition) is 8. The largest absolute Gasteiger partial charge is 0.470 e. The maximum atomic E-state index is 10.9. The summed E-state index contributed by atoms with van der Waals surface area (Å²) in [6.07, 6.45) is -8.24. The van der Waals surface area contributed by atoms with Crippen molar-refractivity contribution < 1.29 is 59.0 Å². The van der Waals surface area contributed by atoms with Crippen molar-refractivity contribution in [1.82, 2.24) is 0 Å². The zero-order valence-electron chi connectivity index (χ0n) is 11.9. The average molecular weight is 364 g/mol. The van der Waals surface area contributed by atoms with Gasteiger partial charge in [0.25, 0.3) is 0 Å². The lowest BCUT2D eigenvalue weighted by molar-refractivity contribution is -0.252. The van der Waals surface area contributed by atoms with E-state index in [0.29, 0.717) is 0 Å². The molecule has 0 aliphatic carbocycles. The van der Waals surface area contributed by atoms with E-state index in [4.69, 9.17) is 29.5 Å². The second-order valence-electron chi connectivity index (χ2n) is 5.01. The van der Waals surface area contributed by atoms with Crippen molar-refractivity contribution in [2.75, 3.05) is 26.4 Å². The van der Waals surface area contributed by atoms with Crippen molar-refractivity contribution in [2.45, 2.75) is 36.3 Å². The van der Waals surface area contributed by atoms with Crippen LogP contribution in [0, 0.1) is 0 Å². The summed E-state index contributed by atoms with van der Waals surface area (Å²) in [5.74, 6) is -2.42. The number of hydrogen-bond acceptors (Lipinski definition) is 10. The molecule has 6 atom stereocenters. The van der Waals surface area contributed by atoms with Gasteiger partial charge in [-0.05, 0) is 0 Å². The second-order valence-corrected chi connectivity index (χ2v) is 6.20. The Kier molecular flexibility index (Phi) is 7.47. The van der Waals surface area contributed by atoms with Crippen LogP contribution in [0.4, 0.5) is 0 Å². The van der Waals surface area contributed by atoms with Crippen LogP contribution in [0.15, 0.2) is 0 Å². The Morgan fingerprint density at radius 2 is 1.83 bits per heavy atom. The zero-order valence-corrected chi connectivity index (χ0v) is 12.8. The second kappa shape index (κ2) is 8.25. The van der Waals surface area contributed by atoms with Crippen LogP contribution < -0.4 is 0 Å². The molecule has 1 aliphatic rings. The van der Waals surface area contributed by atoms with Crippen LogP contribution in [0.1, 0.15) is 0 Å². The number of phosphoric ester groups is 1. The molecule has 0 bridgehead atoms. The molecule has 12 nitrogen and oxygen atoms in total. The van der Waals surface area contributed by atoms with Crippen molar-refractivity contribution >= 4 is 7.82 Å². The Labute approximate surface area is 130 Å². The van der Waals surface area contributed by atoms with Gasteiger partial charge in [0.2, 0.25) is 5.79 Å². The summed E-state index contributed by atoms with van der Waals surface area (Å²) in [6.45, 7) is -2.97. The van der Waals surface area contributed by atoms with Crippen molar-refractivity contribution in [1.29, 1.82) is 0 Å². The molecule has 3 unspecified atom stereocenters.